The number of amides is 2. The summed E-state index contributed by atoms with van der Waals surface area (Å²) in [6.45, 7) is 4.51. The van der Waals surface area contributed by atoms with Crippen LogP contribution in [0, 0.1) is 12.7 Å². The predicted molar refractivity (Wildman–Crippen MR) is 98.9 cm³/mol. The molecule has 0 atom stereocenters. The number of hydrogen-bond acceptors (Lipinski definition) is 3. The van der Waals surface area contributed by atoms with Crippen LogP contribution >= 0.6 is 0 Å². The number of Topliss-reactive ketones (excluding diaryl/α,β-unsaturated/α-hetero) is 1. The lowest BCUT2D eigenvalue weighted by Gasteiger charge is -2.35. The first-order valence-electron chi connectivity index (χ1n) is 9.60. The molecule has 1 heterocycles. The van der Waals surface area contributed by atoms with Crippen molar-refractivity contribution in [3.05, 3.63) is 35.1 Å². The summed E-state index contributed by atoms with van der Waals surface area (Å²) >= 11 is 0. The van der Waals surface area contributed by atoms with Gasteiger partial charge in [0.25, 0.3) is 0 Å². The number of nitrogens with zero attached hydrogens (tertiary/aromatic N) is 2. The normalized spacial score (nSPS) is 19.4. The summed E-state index contributed by atoms with van der Waals surface area (Å²) in [7, 11) is 0. The third-order valence-electron chi connectivity index (χ3n) is 5.38. The number of piperazine rings is 1. The minimum absolute atomic E-state index is 0.00704. The molecule has 1 saturated heterocycles. The van der Waals surface area contributed by atoms with Crippen LogP contribution in [0.3, 0.4) is 0 Å². The number of benzene rings is 1. The molecule has 1 aromatic rings. The van der Waals surface area contributed by atoms with Crippen molar-refractivity contribution < 1.29 is 14.0 Å². The predicted octanol–water partition coefficient (Wildman–Crippen LogP) is 2.98. The van der Waals surface area contributed by atoms with E-state index in [2.05, 4.69) is 5.32 Å². The van der Waals surface area contributed by atoms with E-state index in [0.717, 1.165) is 18.4 Å². The van der Waals surface area contributed by atoms with Gasteiger partial charge >= 0.3 is 6.03 Å². The van der Waals surface area contributed by atoms with Gasteiger partial charge < -0.3 is 10.2 Å². The Balaban J connectivity index is 1.46. The molecule has 1 saturated carbocycles. The zero-order valence-corrected chi connectivity index (χ0v) is 15.5. The first-order valence-corrected chi connectivity index (χ1v) is 9.60. The Labute approximate surface area is 154 Å². The topological polar surface area (TPSA) is 52.7 Å². The molecule has 2 amide bonds. The van der Waals surface area contributed by atoms with Gasteiger partial charge in [0, 0.05) is 32.2 Å². The Morgan fingerprint density at radius 1 is 1.12 bits per heavy atom. The maximum absolute atomic E-state index is 13.9. The second-order valence-electron chi connectivity index (χ2n) is 7.45. The van der Waals surface area contributed by atoms with E-state index in [1.54, 1.807) is 12.1 Å². The lowest BCUT2D eigenvalue weighted by Crippen LogP contribution is -2.54. The highest BCUT2D eigenvalue weighted by Crippen LogP contribution is 2.18. The van der Waals surface area contributed by atoms with E-state index in [1.165, 1.54) is 25.3 Å². The minimum Gasteiger partial charge on any atom is -0.335 e. The average Bonchev–Trinajstić information content (AvgIpc) is 2.65. The first-order chi connectivity index (χ1) is 12.5. The van der Waals surface area contributed by atoms with Crippen molar-refractivity contribution in [2.75, 3.05) is 32.7 Å². The highest BCUT2D eigenvalue weighted by Gasteiger charge is 2.25. The highest BCUT2D eigenvalue weighted by molar-refractivity contribution is 5.98. The number of aryl methyl sites for hydroxylation is 1. The summed E-state index contributed by atoms with van der Waals surface area (Å²) < 4.78 is 13.9. The Hall–Kier alpha value is -1.95. The van der Waals surface area contributed by atoms with Gasteiger partial charge in [-0.3, -0.25) is 9.69 Å². The Bertz CT molecular complexity index is 650. The van der Waals surface area contributed by atoms with Crippen LogP contribution in [0.2, 0.25) is 0 Å². The van der Waals surface area contributed by atoms with Crippen LogP contribution < -0.4 is 5.32 Å². The molecule has 142 valence electrons. The quantitative estimate of drug-likeness (QED) is 0.839. The maximum Gasteiger partial charge on any atom is 0.317 e. The van der Waals surface area contributed by atoms with Crippen molar-refractivity contribution in [3.8, 4) is 0 Å². The van der Waals surface area contributed by atoms with E-state index in [1.807, 2.05) is 16.7 Å². The molecule has 0 radical (unpaired) electrons. The fraction of sp³-hybridized carbons (Fsp3) is 0.600. The molecule has 1 aliphatic heterocycles. The van der Waals surface area contributed by atoms with Crippen molar-refractivity contribution in [1.29, 1.82) is 0 Å². The van der Waals surface area contributed by atoms with E-state index in [4.69, 9.17) is 0 Å². The van der Waals surface area contributed by atoms with Gasteiger partial charge in [0.1, 0.15) is 5.82 Å². The molecule has 2 fully saturated rings. The molecule has 6 heteroatoms. The monoisotopic (exact) mass is 361 g/mol. The van der Waals surface area contributed by atoms with E-state index < -0.39 is 5.82 Å². The van der Waals surface area contributed by atoms with Crippen molar-refractivity contribution in [3.63, 3.8) is 0 Å². The van der Waals surface area contributed by atoms with E-state index in [-0.39, 0.29) is 23.9 Å². The molecule has 1 N–H and O–H groups in total. The van der Waals surface area contributed by atoms with Crippen LogP contribution in [-0.2, 0) is 0 Å². The number of nitrogens with one attached hydrogen (secondary N) is 1. The standard InChI is InChI=1S/C20H28FN3O2/c1-15-7-8-18(21)17(13-15)19(25)14-23-9-11-24(12-10-23)20(26)22-16-5-3-2-4-6-16/h7-8,13,16H,2-6,9-12,14H2,1H3,(H,22,26). The highest BCUT2D eigenvalue weighted by atomic mass is 19.1. The van der Waals surface area contributed by atoms with E-state index in [9.17, 15) is 14.0 Å². The summed E-state index contributed by atoms with van der Waals surface area (Å²) in [5, 5.41) is 3.14. The molecule has 2 aliphatic rings. The third-order valence-corrected chi connectivity index (χ3v) is 5.38. The second kappa shape index (κ2) is 8.62. The number of hydrogen-bond donors (Lipinski definition) is 1. The molecular weight excluding hydrogens is 333 g/mol. The van der Waals surface area contributed by atoms with Gasteiger partial charge in [0.05, 0.1) is 12.1 Å². The van der Waals surface area contributed by atoms with Crippen LogP contribution in [0.5, 0.6) is 0 Å². The summed E-state index contributed by atoms with van der Waals surface area (Å²) in [5.74, 6) is -0.669. The van der Waals surface area contributed by atoms with Gasteiger partial charge in [-0.15, -0.1) is 0 Å². The average molecular weight is 361 g/mol. The molecule has 3 rings (SSSR count). The minimum atomic E-state index is -0.467. The van der Waals surface area contributed by atoms with E-state index in [0.29, 0.717) is 32.2 Å². The Kier molecular flexibility index (Phi) is 6.25. The number of halogens is 1. The van der Waals surface area contributed by atoms with Crippen LogP contribution in [0.4, 0.5) is 9.18 Å². The van der Waals surface area contributed by atoms with Gasteiger partial charge in [0.15, 0.2) is 5.78 Å². The molecule has 26 heavy (non-hydrogen) atoms. The number of carbonyl (C=O) groups is 2. The van der Waals surface area contributed by atoms with Gasteiger partial charge in [-0.05, 0) is 31.9 Å². The maximum atomic E-state index is 13.9. The lowest BCUT2D eigenvalue weighted by atomic mass is 9.96. The SMILES string of the molecule is Cc1ccc(F)c(C(=O)CN2CCN(C(=O)NC3CCCCC3)CC2)c1. The van der Waals surface area contributed by atoms with Crippen LogP contribution in [0.25, 0.3) is 0 Å². The molecule has 1 aromatic carbocycles. The van der Waals surface area contributed by atoms with Gasteiger partial charge in [-0.25, -0.2) is 9.18 Å². The molecule has 1 aliphatic carbocycles. The third kappa shape index (κ3) is 4.81. The van der Waals surface area contributed by atoms with Crippen molar-refractivity contribution in [2.45, 2.75) is 45.1 Å². The number of carbonyl (C=O) groups excluding carboxylic acids is 2. The van der Waals surface area contributed by atoms with Crippen LogP contribution in [-0.4, -0.2) is 60.4 Å². The summed E-state index contributed by atoms with van der Waals surface area (Å²) in [6, 6.07) is 4.92. The first kappa shape index (κ1) is 18.8. The zero-order valence-electron chi connectivity index (χ0n) is 15.5. The van der Waals surface area contributed by atoms with Gasteiger partial charge in [-0.1, -0.05) is 30.9 Å². The van der Waals surface area contributed by atoms with Crippen LogP contribution in [0.15, 0.2) is 18.2 Å². The summed E-state index contributed by atoms with van der Waals surface area (Å²) in [4.78, 5) is 28.6. The molecular formula is C20H28FN3O2. The molecule has 0 spiro atoms. The van der Waals surface area contributed by atoms with E-state index >= 15 is 0 Å². The summed E-state index contributed by atoms with van der Waals surface area (Å²) in [6.07, 6.45) is 5.79. The van der Waals surface area contributed by atoms with Gasteiger partial charge in [-0.2, -0.15) is 0 Å². The van der Waals surface area contributed by atoms with Crippen LogP contribution in [0.1, 0.15) is 48.0 Å². The van der Waals surface area contributed by atoms with Crippen molar-refractivity contribution in [1.82, 2.24) is 15.1 Å². The molecule has 5 nitrogen and oxygen atoms in total. The Morgan fingerprint density at radius 2 is 1.81 bits per heavy atom. The second-order valence-corrected chi connectivity index (χ2v) is 7.45. The van der Waals surface area contributed by atoms with Crippen molar-refractivity contribution in [2.24, 2.45) is 0 Å². The number of rotatable bonds is 4. The number of urea groups is 1. The van der Waals surface area contributed by atoms with Gasteiger partial charge in [0.2, 0.25) is 0 Å². The lowest BCUT2D eigenvalue weighted by molar-refractivity contribution is 0.0872. The van der Waals surface area contributed by atoms with Crippen molar-refractivity contribution >= 4 is 11.8 Å². The summed E-state index contributed by atoms with van der Waals surface area (Å²) in [5.41, 5.74) is 1.03. The number of ketones is 1. The smallest absolute Gasteiger partial charge is 0.317 e. The largest absolute Gasteiger partial charge is 0.335 e. The molecule has 0 bridgehead atoms. The molecule has 0 aromatic heterocycles. The zero-order chi connectivity index (χ0) is 18.5. The molecule has 0 unspecified atom stereocenters. The fourth-order valence-electron chi connectivity index (χ4n) is 3.76. The Morgan fingerprint density at radius 3 is 2.50 bits per heavy atom. The fourth-order valence-corrected chi connectivity index (χ4v) is 3.76.